The molecule has 1 aliphatic heterocycles. The Balaban J connectivity index is 2.19. The highest BCUT2D eigenvalue weighted by Gasteiger charge is 2.20. The van der Waals surface area contributed by atoms with Gasteiger partial charge in [0.2, 0.25) is 0 Å². The summed E-state index contributed by atoms with van der Waals surface area (Å²) in [5.74, 6) is 0.902. The smallest absolute Gasteiger partial charge is 0.00965 e. The zero-order valence-electron chi connectivity index (χ0n) is 14.0. The molecular weight excluding hydrogens is 234 g/mol. The second-order valence-electron chi connectivity index (χ2n) is 7.50. The molecule has 1 heterocycles. The Kier molecular flexibility index (Phi) is 6.78. The summed E-state index contributed by atoms with van der Waals surface area (Å²) in [4.78, 5) is 5.01. The van der Waals surface area contributed by atoms with E-state index in [-0.39, 0.29) is 5.54 Å². The predicted octanol–water partition coefficient (Wildman–Crippen LogP) is 2.43. The molecule has 0 aromatic rings. The van der Waals surface area contributed by atoms with Crippen molar-refractivity contribution in [2.75, 3.05) is 40.3 Å². The van der Waals surface area contributed by atoms with Crippen molar-refractivity contribution in [3.05, 3.63) is 0 Å². The SMILES string of the molecule is CC(CCNC(C)(C)C)N(C)CC1CCN(C)CC1. The van der Waals surface area contributed by atoms with E-state index in [1.807, 2.05) is 0 Å². The van der Waals surface area contributed by atoms with Crippen LogP contribution in [0.3, 0.4) is 0 Å². The van der Waals surface area contributed by atoms with Crippen LogP contribution in [-0.4, -0.2) is 61.7 Å². The van der Waals surface area contributed by atoms with Crippen LogP contribution in [0, 0.1) is 5.92 Å². The molecule has 0 aliphatic carbocycles. The lowest BCUT2D eigenvalue weighted by Crippen LogP contribution is -2.42. The Labute approximate surface area is 120 Å². The number of nitrogens with one attached hydrogen (secondary N) is 1. The molecule has 1 saturated heterocycles. The van der Waals surface area contributed by atoms with Gasteiger partial charge in [0.05, 0.1) is 0 Å². The fourth-order valence-electron chi connectivity index (χ4n) is 2.71. The highest BCUT2D eigenvalue weighted by Crippen LogP contribution is 2.18. The molecule has 0 amide bonds. The first kappa shape index (κ1) is 16.9. The van der Waals surface area contributed by atoms with Crippen LogP contribution >= 0.6 is 0 Å². The number of hydrogen-bond acceptors (Lipinski definition) is 3. The third-order valence-corrected chi connectivity index (χ3v) is 4.35. The Morgan fingerprint density at radius 1 is 1.26 bits per heavy atom. The quantitative estimate of drug-likeness (QED) is 0.799. The van der Waals surface area contributed by atoms with Gasteiger partial charge in [0, 0.05) is 18.1 Å². The van der Waals surface area contributed by atoms with E-state index in [1.54, 1.807) is 0 Å². The van der Waals surface area contributed by atoms with E-state index >= 15 is 0 Å². The maximum atomic E-state index is 3.58. The molecule has 1 fully saturated rings. The minimum Gasteiger partial charge on any atom is -0.312 e. The van der Waals surface area contributed by atoms with Crippen LogP contribution in [0.25, 0.3) is 0 Å². The normalized spacial score (nSPS) is 21.0. The zero-order valence-corrected chi connectivity index (χ0v) is 14.0. The van der Waals surface area contributed by atoms with Crippen LogP contribution in [0.5, 0.6) is 0 Å². The minimum absolute atomic E-state index is 0.242. The standard InChI is InChI=1S/C16H35N3/c1-14(7-10-17-16(2,3)4)19(6)13-15-8-11-18(5)12-9-15/h14-15,17H,7-13H2,1-6H3. The Morgan fingerprint density at radius 2 is 1.84 bits per heavy atom. The lowest BCUT2D eigenvalue weighted by molar-refractivity contribution is 0.150. The molecule has 114 valence electrons. The summed E-state index contributed by atoms with van der Waals surface area (Å²) in [6.07, 6.45) is 3.97. The van der Waals surface area contributed by atoms with E-state index in [9.17, 15) is 0 Å². The Hall–Kier alpha value is -0.120. The number of likely N-dealkylation sites (tertiary alicyclic amines) is 1. The van der Waals surface area contributed by atoms with E-state index in [0.29, 0.717) is 6.04 Å². The molecule has 0 aromatic carbocycles. The Morgan fingerprint density at radius 3 is 2.37 bits per heavy atom. The van der Waals surface area contributed by atoms with E-state index in [4.69, 9.17) is 0 Å². The van der Waals surface area contributed by atoms with Gasteiger partial charge in [-0.05, 0) is 86.6 Å². The van der Waals surface area contributed by atoms with Crippen LogP contribution in [0.4, 0.5) is 0 Å². The lowest BCUT2D eigenvalue weighted by Gasteiger charge is -2.34. The summed E-state index contributed by atoms with van der Waals surface area (Å²) in [7, 11) is 4.53. The van der Waals surface area contributed by atoms with Crippen LogP contribution < -0.4 is 5.32 Å². The predicted molar refractivity (Wildman–Crippen MR) is 84.7 cm³/mol. The lowest BCUT2D eigenvalue weighted by atomic mass is 9.96. The molecule has 1 N–H and O–H groups in total. The van der Waals surface area contributed by atoms with Gasteiger partial charge in [-0.15, -0.1) is 0 Å². The Bertz CT molecular complexity index is 239. The van der Waals surface area contributed by atoms with Gasteiger partial charge in [0.25, 0.3) is 0 Å². The van der Waals surface area contributed by atoms with Crippen LogP contribution in [0.1, 0.15) is 47.0 Å². The molecule has 1 rings (SSSR count). The molecule has 0 bridgehead atoms. The van der Waals surface area contributed by atoms with Crippen molar-refractivity contribution in [3.8, 4) is 0 Å². The highest BCUT2D eigenvalue weighted by molar-refractivity contribution is 4.76. The third kappa shape index (κ3) is 7.28. The fourth-order valence-corrected chi connectivity index (χ4v) is 2.71. The van der Waals surface area contributed by atoms with Gasteiger partial charge in [-0.1, -0.05) is 0 Å². The number of piperidine rings is 1. The van der Waals surface area contributed by atoms with Gasteiger partial charge in [-0.3, -0.25) is 0 Å². The first-order valence-corrected chi connectivity index (χ1v) is 7.92. The average Bonchev–Trinajstić information content (AvgIpc) is 2.30. The fraction of sp³-hybridized carbons (Fsp3) is 1.00. The number of nitrogens with zero attached hydrogens (tertiary/aromatic N) is 2. The number of hydrogen-bond donors (Lipinski definition) is 1. The molecule has 0 radical (unpaired) electrons. The van der Waals surface area contributed by atoms with E-state index in [2.05, 4.69) is 56.9 Å². The van der Waals surface area contributed by atoms with Crippen molar-refractivity contribution in [2.24, 2.45) is 5.92 Å². The van der Waals surface area contributed by atoms with Crippen molar-refractivity contribution in [3.63, 3.8) is 0 Å². The van der Waals surface area contributed by atoms with E-state index in [1.165, 1.54) is 38.9 Å². The molecular formula is C16H35N3. The van der Waals surface area contributed by atoms with Crippen LogP contribution in [0.2, 0.25) is 0 Å². The van der Waals surface area contributed by atoms with Crippen molar-refractivity contribution in [1.82, 2.24) is 15.1 Å². The van der Waals surface area contributed by atoms with Gasteiger partial charge in [0.1, 0.15) is 0 Å². The summed E-state index contributed by atoms with van der Waals surface area (Å²) >= 11 is 0. The molecule has 1 aliphatic rings. The molecule has 1 atom stereocenters. The van der Waals surface area contributed by atoms with Gasteiger partial charge in [-0.2, -0.15) is 0 Å². The highest BCUT2D eigenvalue weighted by atomic mass is 15.1. The number of rotatable bonds is 6. The van der Waals surface area contributed by atoms with Crippen molar-refractivity contribution < 1.29 is 0 Å². The second kappa shape index (κ2) is 7.61. The summed E-state index contributed by atoms with van der Waals surface area (Å²) in [6, 6.07) is 0.675. The van der Waals surface area contributed by atoms with Crippen molar-refractivity contribution in [2.45, 2.75) is 58.5 Å². The first-order chi connectivity index (χ1) is 8.78. The van der Waals surface area contributed by atoms with Crippen LogP contribution in [0.15, 0.2) is 0 Å². The molecule has 0 saturated carbocycles. The van der Waals surface area contributed by atoms with Gasteiger partial charge in [0.15, 0.2) is 0 Å². The second-order valence-corrected chi connectivity index (χ2v) is 7.50. The van der Waals surface area contributed by atoms with Gasteiger partial charge in [-0.25, -0.2) is 0 Å². The van der Waals surface area contributed by atoms with E-state index < -0.39 is 0 Å². The zero-order chi connectivity index (χ0) is 14.5. The van der Waals surface area contributed by atoms with Crippen molar-refractivity contribution in [1.29, 1.82) is 0 Å². The van der Waals surface area contributed by atoms with E-state index in [0.717, 1.165) is 12.5 Å². The first-order valence-electron chi connectivity index (χ1n) is 7.92. The summed E-state index contributed by atoms with van der Waals surface area (Å²) < 4.78 is 0. The minimum atomic E-state index is 0.242. The maximum absolute atomic E-state index is 3.58. The summed E-state index contributed by atoms with van der Waals surface area (Å²) in [5, 5.41) is 3.58. The largest absolute Gasteiger partial charge is 0.312 e. The maximum Gasteiger partial charge on any atom is 0.00965 e. The molecule has 3 heteroatoms. The van der Waals surface area contributed by atoms with Crippen LogP contribution in [-0.2, 0) is 0 Å². The third-order valence-electron chi connectivity index (χ3n) is 4.35. The monoisotopic (exact) mass is 269 g/mol. The average molecular weight is 269 g/mol. The van der Waals surface area contributed by atoms with Gasteiger partial charge < -0.3 is 15.1 Å². The summed E-state index contributed by atoms with van der Waals surface area (Å²) in [6.45, 7) is 14.0. The molecule has 1 unspecified atom stereocenters. The molecule has 0 aromatic heterocycles. The van der Waals surface area contributed by atoms with Crippen molar-refractivity contribution >= 4 is 0 Å². The molecule has 3 nitrogen and oxygen atoms in total. The summed E-state index contributed by atoms with van der Waals surface area (Å²) in [5.41, 5.74) is 0.242. The van der Waals surface area contributed by atoms with Gasteiger partial charge >= 0.3 is 0 Å². The molecule has 19 heavy (non-hydrogen) atoms. The molecule has 0 spiro atoms. The topological polar surface area (TPSA) is 18.5 Å².